The number of nitroso groups, excluding NO2 is 1. The molecule has 7 nitrogen and oxygen atoms in total. The minimum absolute atomic E-state index is 0.150. The molecule has 1 heterocycles. The van der Waals surface area contributed by atoms with Crippen LogP contribution < -0.4 is 10.9 Å². The Hall–Kier alpha value is -2.52. The van der Waals surface area contributed by atoms with Gasteiger partial charge in [0.05, 0.1) is 11.3 Å². The number of aliphatic imine (C=N–C) groups is 1. The monoisotopic (exact) mass is 519 g/mol. The first-order valence-corrected chi connectivity index (χ1v) is 12.2. The van der Waals surface area contributed by atoms with E-state index in [2.05, 4.69) is 43.0 Å². The van der Waals surface area contributed by atoms with Crippen molar-refractivity contribution in [2.24, 2.45) is 10.2 Å². The van der Waals surface area contributed by atoms with Crippen molar-refractivity contribution < 1.29 is 0 Å². The summed E-state index contributed by atoms with van der Waals surface area (Å²) < 4.78 is 1.46. The number of hydrogen-bond donors (Lipinski definition) is 1. The number of thioether (sulfide) groups is 1. The fourth-order valence-electron chi connectivity index (χ4n) is 2.55. The third-order valence-corrected chi connectivity index (χ3v) is 5.13. The molecule has 0 bridgehead atoms. The molecule has 2 unspecified atom stereocenters. The topological polar surface area (TPSA) is 88.7 Å². The third kappa shape index (κ3) is 8.55. The number of nitrogens with zero attached hydrogens (tertiary/aromatic N) is 4. The normalized spacial score (nSPS) is 15.6. The first kappa shape index (κ1) is 27.5. The van der Waals surface area contributed by atoms with Crippen molar-refractivity contribution in [2.75, 3.05) is 12.8 Å². The molecule has 0 aliphatic carbocycles. The lowest BCUT2D eigenvalue weighted by molar-refractivity contribution is 0.666. The number of halogens is 1. The van der Waals surface area contributed by atoms with Crippen molar-refractivity contribution in [1.82, 2.24) is 14.9 Å². The highest BCUT2D eigenvalue weighted by atomic mass is 79.9. The van der Waals surface area contributed by atoms with Crippen LogP contribution in [-0.2, 0) is 0 Å². The first-order chi connectivity index (χ1) is 15.3. The molecule has 32 heavy (non-hydrogen) atoms. The number of allylic oxidation sites excluding steroid dienone is 7. The zero-order chi connectivity index (χ0) is 24.1. The maximum atomic E-state index is 13.0. The van der Waals surface area contributed by atoms with Gasteiger partial charge in [-0.05, 0) is 46.1 Å². The van der Waals surface area contributed by atoms with Crippen LogP contribution in [0.2, 0.25) is 0 Å². The van der Waals surface area contributed by atoms with E-state index < -0.39 is 6.04 Å². The molecule has 1 N–H and O–H groups in total. The van der Waals surface area contributed by atoms with Crippen LogP contribution in [0.3, 0.4) is 0 Å². The number of rotatable bonds is 11. The second-order valence-corrected chi connectivity index (χ2v) is 9.04. The van der Waals surface area contributed by atoms with Gasteiger partial charge in [-0.15, -0.1) is 11.8 Å². The predicted octanol–water partition coefficient (Wildman–Crippen LogP) is 5.38. The van der Waals surface area contributed by atoms with Crippen LogP contribution in [-0.4, -0.2) is 38.3 Å². The number of nitrogens with one attached hydrogen (secondary N) is 1. The Kier molecular flexibility index (Phi) is 12.5. The second kappa shape index (κ2) is 14.5. The van der Waals surface area contributed by atoms with Gasteiger partial charge in [0.15, 0.2) is 0 Å². The lowest BCUT2D eigenvalue weighted by atomic mass is 10.1. The highest BCUT2D eigenvalue weighted by Crippen LogP contribution is 2.23. The van der Waals surface area contributed by atoms with E-state index in [1.54, 1.807) is 25.3 Å². The second-order valence-electron chi connectivity index (χ2n) is 6.80. The Balaban J connectivity index is 3.59. The highest BCUT2D eigenvalue weighted by Gasteiger charge is 2.17. The van der Waals surface area contributed by atoms with E-state index in [0.717, 1.165) is 5.70 Å². The van der Waals surface area contributed by atoms with Crippen LogP contribution >= 0.6 is 27.7 Å². The van der Waals surface area contributed by atoms with Gasteiger partial charge < -0.3 is 5.32 Å². The Labute approximate surface area is 202 Å². The van der Waals surface area contributed by atoms with Gasteiger partial charge in [-0.3, -0.25) is 9.36 Å². The molecule has 0 saturated heterocycles. The van der Waals surface area contributed by atoms with E-state index in [-0.39, 0.29) is 10.4 Å². The lowest BCUT2D eigenvalue weighted by Crippen LogP contribution is -2.25. The zero-order valence-corrected chi connectivity index (χ0v) is 21.5. The van der Waals surface area contributed by atoms with Gasteiger partial charge in [-0.25, -0.2) is 9.98 Å². The Bertz CT molecular complexity index is 1010. The number of aromatic nitrogens is 2. The summed E-state index contributed by atoms with van der Waals surface area (Å²) in [6, 6.07) is 1.08. The van der Waals surface area contributed by atoms with Gasteiger partial charge in [-0.1, -0.05) is 45.9 Å². The van der Waals surface area contributed by atoms with E-state index in [4.69, 9.17) is 0 Å². The van der Waals surface area contributed by atoms with Crippen molar-refractivity contribution in [1.29, 1.82) is 0 Å². The van der Waals surface area contributed by atoms with E-state index in [0.29, 0.717) is 28.6 Å². The SMILES string of the molecule is C=C/C=C(\C=C/C(C)Br)n1cnc(C(/C(=N\C=C/C)SC)=C(/C)NCC(C)N=O)cc1=O. The van der Waals surface area contributed by atoms with Crippen molar-refractivity contribution in [2.45, 2.75) is 38.6 Å². The molecular weight excluding hydrogens is 490 g/mol. The molecule has 2 atom stereocenters. The number of alkyl halides is 1. The molecular formula is C23H30BrN5O2S. The van der Waals surface area contributed by atoms with Gasteiger partial charge in [0, 0.05) is 35.0 Å². The van der Waals surface area contributed by atoms with Crippen LogP contribution in [0.1, 0.15) is 33.4 Å². The average molecular weight is 520 g/mol. The molecule has 0 radical (unpaired) electrons. The molecule has 0 amide bonds. The van der Waals surface area contributed by atoms with Crippen LogP contribution in [0.25, 0.3) is 11.3 Å². The van der Waals surface area contributed by atoms with Crippen LogP contribution in [0.15, 0.2) is 76.2 Å². The summed E-state index contributed by atoms with van der Waals surface area (Å²) in [7, 11) is 0. The Morgan fingerprint density at radius 1 is 1.44 bits per heavy atom. The van der Waals surface area contributed by atoms with Gasteiger partial charge in [0.2, 0.25) is 0 Å². The molecule has 0 aromatic carbocycles. The minimum Gasteiger partial charge on any atom is -0.386 e. The van der Waals surface area contributed by atoms with E-state index in [9.17, 15) is 9.70 Å². The third-order valence-electron chi connectivity index (χ3n) is 4.13. The fourth-order valence-corrected chi connectivity index (χ4v) is 3.33. The predicted molar refractivity (Wildman–Crippen MR) is 142 cm³/mol. The Morgan fingerprint density at radius 2 is 2.16 bits per heavy atom. The van der Waals surface area contributed by atoms with Crippen molar-refractivity contribution >= 4 is 44.0 Å². The molecule has 0 aliphatic heterocycles. The van der Waals surface area contributed by atoms with Gasteiger partial charge >= 0.3 is 0 Å². The van der Waals surface area contributed by atoms with Crippen LogP contribution in [0.5, 0.6) is 0 Å². The molecule has 0 aliphatic rings. The minimum atomic E-state index is -0.396. The fraction of sp³-hybridized carbons (Fsp3) is 0.348. The largest absolute Gasteiger partial charge is 0.386 e. The van der Waals surface area contributed by atoms with Gasteiger partial charge in [0.25, 0.3) is 5.56 Å². The molecule has 9 heteroatoms. The maximum Gasteiger partial charge on any atom is 0.258 e. The summed E-state index contributed by atoms with van der Waals surface area (Å²) in [5, 5.41) is 6.93. The van der Waals surface area contributed by atoms with Crippen LogP contribution in [0, 0.1) is 4.91 Å². The quantitative estimate of drug-likeness (QED) is 0.139. The molecule has 1 rings (SSSR count). The van der Waals surface area contributed by atoms with E-state index in [1.807, 2.05) is 45.3 Å². The van der Waals surface area contributed by atoms with Gasteiger partial charge in [-0.2, -0.15) is 4.91 Å². The lowest BCUT2D eigenvalue weighted by Gasteiger charge is -2.16. The summed E-state index contributed by atoms with van der Waals surface area (Å²) in [6.07, 6.45) is 14.0. The standard InChI is InChI=1S/C23H30BrN5O2S/c1-7-9-19(11-10-16(3)24)29-15-27-20(13-21(29)30)22(23(32-6)25-12-8-2)18(5)26-14-17(4)28-31/h7-13,15-17,26H,1,14H2,2-6H3/b11-10-,12-8-,19-9+,22-18+,25-23+. The highest BCUT2D eigenvalue weighted by molar-refractivity contribution is 9.09. The zero-order valence-electron chi connectivity index (χ0n) is 19.1. The van der Waals surface area contributed by atoms with E-state index >= 15 is 0 Å². The average Bonchev–Trinajstić information content (AvgIpc) is 2.77. The molecule has 172 valence electrons. The van der Waals surface area contributed by atoms with E-state index in [1.165, 1.54) is 28.7 Å². The molecule has 1 aromatic heterocycles. The maximum absolute atomic E-state index is 13.0. The van der Waals surface area contributed by atoms with Crippen molar-refractivity contribution in [3.8, 4) is 0 Å². The van der Waals surface area contributed by atoms with Crippen LogP contribution in [0.4, 0.5) is 0 Å². The molecule has 1 aromatic rings. The van der Waals surface area contributed by atoms with Gasteiger partial charge in [0.1, 0.15) is 17.4 Å². The molecule has 0 fully saturated rings. The molecule has 0 saturated carbocycles. The summed E-state index contributed by atoms with van der Waals surface area (Å²) in [5.74, 6) is 0. The molecule has 0 spiro atoms. The smallest absolute Gasteiger partial charge is 0.258 e. The van der Waals surface area contributed by atoms with Crippen molar-refractivity contribution in [3.05, 3.63) is 82.2 Å². The summed E-state index contributed by atoms with van der Waals surface area (Å²) >= 11 is 4.91. The number of hydrogen-bond acceptors (Lipinski definition) is 7. The first-order valence-electron chi connectivity index (χ1n) is 10.0. The summed E-state index contributed by atoms with van der Waals surface area (Å²) in [5.41, 5.74) is 2.33. The summed E-state index contributed by atoms with van der Waals surface area (Å²) in [6.45, 7) is 11.5. The van der Waals surface area contributed by atoms with Crippen molar-refractivity contribution in [3.63, 3.8) is 0 Å². The Morgan fingerprint density at radius 3 is 2.69 bits per heavy atom. The summed E-state index contributed by atoms with van der Waals surface area (Å²) in [4.78, 5) is 33.0.